The van der Waals surface area contributed by atoms with Gasteiger partial charge in [-0.1, -0.05) is 0 Å². The standard InChI is InChI=1S/C11H18N2O2S2/c1-8-2-7-11(16-8)17(14,15)13-10-5-3-9(12)4-6-10/h2,7,9-10,13H,3-6,12H2,1H3. The molecule has 0 amide bonds. The third-order valence-electron chi connectivity index (χ3n) is 3.07. The van der Waals surface area contributed by atoms with E-state index in [1.807, 2.05) is 13.0 Å². The molecule has 0 unspecified atom stereocenters. The fourth-order valence-electron chi connectivity index (χ4n) is 2.07. The highest BCUT2D eigenvalue weighted by Gasteiger charge is 2.24. The Morgan fingerprint density at radius 3 is 2.47 bits per heavy atom. The molecule has 1 saturated carbocycles. The maximum absolute atomic E-state index is 12.1. The zero-order valence-electron chi connectivity index (χ0n) is 9.85. The van der Waals surface area contributed by atoms with Crippen molar-refractivity contribution in [1.29, 1.82) is 0 Å². The van der Waals surface area contributed by atoms with Crippen molar-refractivity contribution < 1.29 is 8.42 Å². The van der Waals surface area contributed by atoms with Crippen LogP contribution in [-0.2, 0) is 10.0 Å². The van der Waals surface area contributed by atoms with Crippen molar-refractivity contribution in [3.05, 3.63) is 17.0 Å². The van der Waals surface area contributed by atoms with E-state index < -0.39 is 10.0 Å². The molecule has 1 aliphatic rings. The molecule has 17 heavy (non-hydrogen) atoms. The number of nitrogens with two attached hydrogens (primary N) is 1. The molecular weight excluding hydrogens is 256 g/mol. The Labute approximate surface area is 106 Å². The number of sulfonamides is 1. The van der Waals surface area contributed by atoms with Crippen molar-refractivity contribution in [3.63, 3.8) is 0 Å². The van der Waals surface area contributed by atoms with Crippen molar-refractivity contribution in [2.45, 2.75) is 48.9 Å². The number of hydrogen-bond acceptors (Lipinski definition) is 4. The minimum absolute atomic E-state index is 0.0437. The van der Waals surface area contributed by atoms with Crippen LogP contribution in [0.15, 0.2) is 16.3 Å². The summed E-state index contributed by atoms with van der Waals surface area (Å²) in [5, 5.41) is 0. The second-order valence-electron chi connectivity index (χ2n) is 4.60. The van der Waals surface area contributed by atoms with Crippen LogP contribution in [0.25, 0.3) is 0 Å². The Morgan fingerprint density at radius 1 is 1.29 bits per heavy atom. The van der Waals surface area contributed by atoms with Crippen LogP contribution in [0.4, 0.5) is 0 Å². The molecule has 1 aromatic heterocycles. The van der Waals surface area contributed by atoms with Crippen LogP contribution in [0.1, 0.15) is 30.6 Å². The van der Waals surface area contributed by atoms with Gasteiger partial charge in [-0.15, -0.1) is 11.3 Å². The third kappa shape index (κ3) is 3.28. The van der Waals surface area contributed by atoms with Crippen LogP contribution in [0, 0.1) is 6.92 Å². The molecule has 0 saturated heterocycles. The number of aryl methyl sites for hydroxylation is 1. The molecule has 1 aromatic rings. The van der Waals surface area contributed by atoms with Gasteiger partial charge in [0, 0.05) is 17.0 Å². The summed E-state index contributed by atoms with van der Waals surface area (Å²) in [6.07, 6.45) is 3.48. The van der Waals surface area contributed by atoms with Crippen molar-refractivity contribution in [2.75, 3.05) is 0 Å². The maximum Gasteiger partial charge on any atom is 0.250 e. The Balaban J connectivity index is 2.03. The van der Waals surface area contributed by atoms with Crippen molar-refractivity contribution >= 4 is 21.4 Å². The van der Waals surface area contributed by atoms with E-state index in [2.05, 4.69) is 4.72 Å². The summed E-state index contributed by atoms with van der Waals surface area (Å²) in [5.74, 6) is 0. The van der Waals surface area contributed by atoms with Gasteiger partial charge in [-0.05, 0) is 44.7 Å². The summed E-state index contributed by atoms with van der Waals surface area (Å²) in [6.45, 7) is 1.91. The molecule has 0 aromatic carbocycles. The van der Waals surface area contributed by atoms with E-state index in [0.29, 0.717) is 4.21 Å². The fourth-order valence-corrected chi connectivity index (χ4v) is 4.68. The van der Waals surface area contributed by atoms with Crippen molar-refractivity contribution in [3.8, 4) is 0 Å². The Bertz CT molecular complexity index is 473. The van der Waals surface area contributed by atoms with Crippen LogP contribution >= 0.6 is 11.3 Å². The second kappa shape index (κ2) is 5.06. The quantitative estimate of drug-likeness (QED) is 0.879. The van der Waals surface area contributed by atoms with Gasteiger partial charge in [0.15, 0.2) is 0 Å². The highest BCUT2D eigenvalue weighted by atomic mass is 32.2. The molecule has 0 bridgehead atoms. The van der Waals surface area contributed by atoms with Gasteiger partial charge in [0.1, 0.15) is 4.21 Å². The van der Waals surface area contributed by atoms with Gasteiger partial charge >= 0.3 is 0 Å². The molecule has 1 fully saturated rings. The smallest absolute Gasteiger partial charge is 0.250 e. The van der Waals surface area contributed by atoms with Gasteiger partial charge in [-0.2, -0.15) is 0 Å². The molecule has 4 nitrogen and oxygen atoms in total. The van der Waals surface area contributed by atoms with E-state index >= 15 is 0 Å². The minimum Gasteiger partial charge on any atom is -0.328 e. The second-order valence-corrected chi connectivity index (χ2v) is 7.83. The molecular formula is C11H18N2O2S2. The van der Waals surface area contributed by atoms with Gasteiger partial charge < -0.3 is 5.73 Å². The average molecular weight is 274 g/mol. The largest absolute Gasteiger partial charge is 0.328 e. The first kappa shape index (κ1) is 13.0. The highest BCUT2D eigenvalue weighted by molar-refractivity contribution is 7.91. The minimum atomic E-state index is -3.33. The van der Waals surface area contributed by atoms with Gasteiger partial charge in [-0.3, -0.25) is 0 Å². The molecule has 0 atom stereocenters. The topological polar surface area (TPSA) is 72.2 Å². The lowest BCUT2D eigenvalue weighted by molar-refractivity contribution is 0.374. The van der Waals surface area contributed by atoms with E-state index in [0.717, 1.165) is 30.6 Å². The summed E-state index contributed by atoms with van der Waals surface area (Å²) >= 11 is 1.31. The van der Waals surface area contributed by atoms with E-state index in [-0.39, 0.29) is 12.1 Å². The summed E-state index contributed by atoms with van der Waals surface area (Å²) in [5.41, 5.74) is 5.80. The summed E-state index contributed by atoms with van der Waals surface area (Å²) in [6, 6.07) is 3.77. The Hall–Kier alpha value is -0.430. The van der Waals surface area contributed by atoms with Crippen LogP contribution in [-0.4, -0.2) is 20.5 Å². The third-order valence-corrected chi connectivity index (χ3v) is 6.09. The lowest BCUT2D eigenvalue weighted by Crippen LogP contribution is -2.40. The molecule has 1 aliphatic carbocycles. The van der Waals surface area contributed by atoms with Gasteiger partial charge in [-0.25, -0.2) is 13.1 Å². The lowest BCUT2D eigenvalue weighted by Gasteiger charge is -2.26. The first-order valence-corrected chi connectivity index (χ1v) is 8.12. The molecule has 0 radical (unpaired) electrons. The number of nitrogens with one attached hydrogen (secondary N) is 1. The predicted molar refractivity (Wildman–Crippen MR) is 69.6 cm³/mol. The lowest BCUT2D eigenvalue weighted by atomic mass is 9.93. The van der Waals surface area contributed by atoms with E-state index in [4.69, 9.17) is 5.73 Å². The SMILES string of the molecule is Cc1ccc(S(=O)(=O)NC2CCC(N)CC2)s1. The van der Waals surface area contributed by atoms with Crippen LogP contribution in [0.5, 0.6) is 0 Å². The fraction of sp³-hybridized carbons (Fsp3) is 0.636. The average Bonchev–Trinajstić information content (AvgIpc) is 2.69. The van der Waals surface area contributed by atoms with Crippen LogP contribution in [0.3, 0.4) is 0 Å². The molecule has 1 heterocycles. The zero-order valence-corrected chi connectivity index (χ0v) is 11.5. The molecule has 2 rings (SSSR count). The highest BCUT2D eigenvalue weighted by Crippen LogP contribution is 2.23. The van der Waals surface area contributed by atoms with E-state index in [9.17, 15) is 8.42 Å². The summed E-state index contributed by atoms with van der Waals surface area (Å²) in [4.78, 5) is 1.01. The molecule has 6 heteroatoms. The predicted octanol–water partition coefficient (Wildman–Crippen LogP) is 1.60. The molecule has 96 valence electrons. The normalized spacial score (nSPS) is 26.0. The van der Waals surface area contributed by atoms with Crippen LogP contribution in [0.2, 0.25) is 0 Å². The summed E-state index contributed by atoms with van der Waals surface area (Å²) in [7, 11) is -3.33. The first-order chi connectivity index (χ1) is 7.97. The van der Waals surface area contributed by atoms with E-state index in [1.165, 1.54) is 11.3 Å². The monoisotopic (exact) mass is 274 g/mol. The summed E-state index contributed by atoms with van der Waals surface area (Å²) < 4.78 is 27.3. The Kier molecular flexibility index (Phi) is 3.87. The molecule has 0 aliphatic heterocycles. The number of hydrogen-bond donors (Lipinski definition) is 2. The molecule has 3 N–H and O–H groups in total. The first-order valence-electron chi connectivity index (χ1n) is 5.82. The van der Waals surface area contributed by atoms with Crippen LogP contribution < -0.4 is 10.5 Å². The van der Waals surface area contributed by atoms with E-state index in [1.54, 1.807) is 6.07 Å². The zero-order chi connectivity index (χ0) is 12.5. The molecule has 0 spiro atoms. The Morgan fingerprint density at radius 2 is 1.94 bits per heavy atom. The van der Waals surface area contributed by atoms with Gasteiger partial charge in [0.05, 0.1) is 0 Å². The van der Waals surface area contributed by atoms with Crippen molar-refractivity contribution in [2.24, 2.45) is 5.73 Å². The van der Waals surface area contributed by atoms with Gasteiger partial charge in [0.2, 0.25) is 10.0 Å². The maximum atomic E-state index is 12.1. The van der Waals surface area contributed by atoms with Crippen molar-refractivity contribution in [1.82, 2.24) is 4.72 Å². The number of rotatable bonds is 3. The number of thiophene rings is 1. The van der Waals surface area contributed by atoms with Gasteiger partial charge in [0.25, 0.3) is 0 Å².